The van der Waals surface area contributed by atoms with Gasteiger partial charge in [0.05, 0.1) is 6.04 Å². The van der Waals surface area contributed by atoms with E-state index in [2.05, 4.69) is 42.9 Å². The molecule has 1 aromatic heterocycles. The Morgan fingerprint density at radius 1 is 1.36 bits per heavy atom. The molecular formula is C10H20N4. The molecule has 14 heavy (non-hydrogen) atoms. The topological polar surface area (TPSA) is 67.6 Å². The third-order valence-electron chi connectivity index (χ3n) is 2.61. The summed E-state index contributed by atoms with van der Waals surface area (Å²) in [5.41, 5.74) is 5.96. The van der Waals surface area contributed by atoms with E-state index in [0.717, 1.165) is 18.1 Å². The van der Waals surface area contributed by atoms with E-state index in [9.17, 15) is 0 Å². The van der Waals surface area contributed by atoms with Gasteiger partial charge in [-0.3, -0.25) is 5.10 Å². The number of nitrogens with zero attached hydrogens (tertiary/aromatic N) is 2. The minimum absolute atomic E-state index is 0.0414. The van der Waals surface area contributed by atoms with E-state index in [1.807, 2.05) is 0 Å². The lowest BCUT2D eigenvalue weighted by molar-refractivity contribution is 0.491. The molecule has 80 valence electrons. The fourth-order valence-corrected chi connectivity index (χ4v) is 1.16. The van der Waals surface area contributed by atoms with Gasteiger partial charge in [-0.1, -0.05) is 27.7 Å². The molecule has 1 aromatic rings. The van der Waals surface area contributed by atoms with Gasteiger partial charge >= 0.3 is 0 Å². The molecule has 0 fully saturated rings. The lowest BCUT2D eigenvalue weighted by Gasteiger charge is -2.11. The molecule has 0 amide bonds. The molecule has 4 nitrogen and oxygen atoms in total. The Balaban J connectivity index is 2.77. The molecule has 0 aliphatic heterocycles. The first-order valence-electron chi connectivity index (χ1n) is 5.24. The van der Waals surface area contributed by atoms with Crippen LogP contribution in [0.5, 0.6) is 0 Å². The van der Waals surface area contributed by atoms with Gasteiger partial charge in [0.2, 0.25) is 0 Å². The van der Waals surface area contributed by atoms with Gasteiger partial charge in [0, 0.05) is 5.92 Å². The van der Waals surface area contributed by atoms with Crippen LogP contribution in [-0.2, 0) is 0 Å². The maximum Gasteiger partial charge on any atom is 0.153 e. The van der Waals surface area contributed by atoms with Crippen LogP contribution in [0.1, 0.15) is 57.7 Å². The number of nitrogens with one attached hydrogen (secondary N) is 1. The maximum atomic E-state index is 5.96. The Hall–Kier alpha value is -0.900. The van der Waals surface area contributed by atoms with Crippen LogP contribution in [0.2, 0.25) is 0 Å². The first-order valence-corrected chi connectivity index (χ1v) is 5.24. The number of aromatic nitrogens is 3. The molecule has 0 radical (unpaired) electrons. The van der Waals surface area contributed by atoms with Crippen molar-refractivity contribution < 1.29 is 0 Å². The van der Waals surface area contributed by atoms with Crippen molar-refractivity contribution in [1.29, 1.82) is 0 Å². The van der Waals surface area contributed by atoms with Crippen molar-refractivity contribution in [3.8, 4) is 0 Å². The van der Waals surface area contributed by atoms with E-state index in [-0.39, 0.29) is 6.04 Å². The van der Waals surface area contributed by atoms with Gasteiger partial charge in [-0.2, -0.15) is 5.10 Å². The Kier molecular flexibility index (Phi) is 3.63. The minimum atomic E-state index is -0.0414. The number of rotatable bonds is 4. The van der Waals surface area contributed by atoms with Crippen LogP contribution in [0.4, 0.5) is 0 Å². The molecule has 0 saturated heterocycles. The monoisotopic (exact) mass is 196 g/mol. The van der Waals surface area contributed by atoms with E-state index in [4.69, 9.17) is 5.73 Å². The molecule has 1 rings (SSSR count). The summed E-state index contributed by atoms with van der Waals surface area (Å²) in [5, 5.41) is 7.09. The largest absolute Gasteiger partial charge is 0.321 e. The van der Waals surface area contributed by atoms with Gasteiger partial charge < -0.3 is 5.73 Å². The van der Waals surface area contributed by atoms with Crippen molar-refractivity contribution >= 4 is 0 Å². The molecule has 0 aromatic carbocycles. The summed E-state index contributed by atoms with van der Waals surface area (Å²) >= 11 is 0. The lowest BCUT2D eigenvalue weighted by Crippen LogP contribution is -2.18. The molecule has 0 saturated carbocycles. The average Bonchev–Trinajstić information content (AvgIpc) is 2.64. The highest BCUT2D eigenvalue weighted by Crippen LogP contribution is 2.18. The summed E-state index contributed by atoms with van der Waals surface area (Å²) in [6.45, 7) is 8.41. The quantitative estimate of drug-likeness (QED) is 0.773. The Morgan fingerprint density at radius 2 is 2.00 bits per heavy atom. The molecule has 0 bridgehead atoms. The minimum Gasteiger partial charge on any atom is -0.321 e. The van der Waals surface area contributed by atoms with E-state index in [1.165, 1.54) is 0 Å². The average molecular weight is 196 g/mol. The first-order chi connectivity index (χ1) is 6.56. The van der Waals surface area contributed by atoms with Crippen LogP contribution in [-0.4, -0.2) is 15.2 Å². The van der Waals surface area contributed by atoms with Gasteiger partial charge in [0.1, 0.15) is 5.82 Å². The zero-order valence-corrected chi connectivity index (χ0v) is 9.41. The summed E-state index contributed by atoms with van der Waals surface area (Å²) in [6, 6.07) is -0.0414. The van der Waals surface area contributed by atoms with Crippen molar-refractivity contribution in [2.75, 3.05) is 0 Å². The first kappa shape index (κ1) is 11.2. The Bertz CT molecular complexity index is 279. The summed E-state index contributed by atoms with van der Waals surface area (Å²) in [5.74, 6) is 2.46. The van der Waals surface area contributed by atoms with Crippen LogP contribution in [0.25, 0.3) is 0 Å². The van der Waals surface area contributed by atoms with E-state index < -0.39 is 0 Å². The van der Waals surface area contributed by atoms with E-state index in [1.54, 1.807) is 0 Å². The highest BCUT2D eigenvalue weighted by atomic mass is 15.2. The molecular weight excluding hydrogens is 176 g/mol. The second kappa shape index (κ2) is 4.55. The van der Waals surface area contributed by atoms with Crippen LogP contribution < -0.4 is 5.73 Å². The summed E-state index contributed by atoms with van der Waals surface area (Å²) in [7, 11) is 0. The van der Waals surface area contributed by atoms with Crippen LogP contribution in [0, 0.1) is 5.92 Å². The molecule has 0 aliphatic carbocycles. The van der Waals surface area contributed by atoms with Crippen LogP contribution >= 0.6 is 0 Å². The van der Waals surface area contributed by atoms with Crippen molar-refractivity contribution in [3.63, 3.8) is 0 Å². The SMILES string of the molecule is CCC(C)c1n[nH]c([C@H](N)C(C)C)n1. The van der Waals surface area contributed by atoms with Gasteiger partial charge in [-0.15, -0.1) is 0 Å². The van der Waals surface area contributed by atoms with Crippen molar-refractivity contribution in [1.82, 2.24) is 15.2 Å². The van der Waals surface area contributed by atoms with Gasteiger partial charge in [-0.05, 0) is 12.3 Å². The maximum absolute atomic E-state index is 5.96. The predicted molar refractivity (Wildman–Crippen MR) is 56.9 cm³/mol. The third kappa shape index (κ3) is 2.32. The fraction of sp³-hybridized carbons (Fsp3) is 0.800. The number of nitrogens with two attached hydrogens (primary N) is 1. The van der Waals surface area contributed by atoms with Crippen LogP contribution in [0.15, 0.2) is 0 Å². The number of aromatic amines is 1. The molecule has 2 atom stereocenters. The third-order valence-corrected chi connectivity index (χ3v) is 2.61. The highest BCUT2D eigenvalue weighted by molar-refractivity contribution is 5.00. The summed E-state index contributed by atoms with van der Waals surface area (Å²) in [6.07, 6.45) is 1.05. The summed E-state index contributed by atoms with van der Waals surface area (Å²) < 4.78 is 0. The molecule has 1 heterocycles. The van der Waals surface area contributed by atoms with Gasteiger partial charge in [0.25, 0.3) is 0 Å². The second-order valence-electron chi connectivity index (χ2n) is 4.16. The Labute approximate surface area is 85.3 Å². The molecule has 0 aliphatic rings. The van der Waals surface area contributed by atoms with Gasteiger partial charge in [0.15, 0.2) is 5.82 Å². The van der Waals surface area contributed by atoms with Crippen molar-refractivity contribution in [3.05, 3.63) is 11.6 Å². The number of hydrogen-bond acceptors (Lipinski definition) is 3. The molecule has 0 spiro atoms. The smallest absolute Gasteiger partial charge is 0.153 e. The standard InChI is InChI=1S/C10H20N4/c1-5-7(4)9-12-10(14-13-9)8(11)6(2)3/h6-8H,5,11H2,1-4H3,(H,12,13,14)/t7?,8-/m1/s1. The van der Waals surface area contributed by atoms with E-state index in [0.29, 0.717) is 11.8 Å². The zero-order valence-electron chi connectivity index (χ0n) is 9.41. The normalized spacial score (nSPS) is 15.9. The lowest BCUT2D eigenvalue weighted by atomic mass is 10.1. The van der Waals surface area contributed by atoms with Crippen molar-refractivity contribution in [2.24, 2.45) is 11.7 Å². The predicted octanol–water partition coefficient (Wildman–Crippen LogP) is 1.97. The molecule has 4 heteroatoms. The van der Waals surface area contributed by atoms with E-state index >= 15 is 0 Å². The van der Waals surface area contributed by atoms with Gasteiger partial charge in [-0.25, -0.2) is 4.98 Å². The molecule has 1 unspecified atom stereocenters. The highest BCUT2D eigenvalue weighted by Gasteiger charge is 2.16. The zero-order chi connectivity index (χ0) is 10.7. The Morgan fingerprint density at radius 3 is 2.50 bits per heavy atom. The summed E-state index contributed by atoms with van der Waals surface area (Å²) in [4.78, 5) is 4.41. The van der Waals surface area contributed by atoms with Crippen LogP contribution in [0.3, 0.4) is 0 Å². The second-order valence-corrected chi connectivity index (χ2v) is 4.16. The molecule has 3 N–H and O–H groups in total. The van der Waals surface area contributed by atoms with Crippen molar-refractivity contribution in [2.45, 2.75) is 46.1 Å². The number of H-pyrrole nitrogens is 1. The fourth-order valence-electron chi connectivity index (χ4n) is 1.16. The number of hydrogen-bond donors (Lipinski definition) is 2.